The van der Waals surface area contributed by atoms with Crippen LogP contribution in [-0.2, 0) is 11.2 Å². The molecule has 0 fully saturated rings. The Labute approximate surface area is 153 Å². The van der Waals surface area contributed by atoms with E-state index in [0.717, 1.165) is 5.56 Å². The van der Waals surface area contributed by atoms with Crippen LogP contribution in [0, 0.1) is 0 Å². The number of carbonyl (C=O) groups excluding carboxylic acids is 1. The molecule has 7 nitrogen and oxygen atoms in total. The Morgan fingerprint density at radius 2 is 1.58 bits per heavy atom. The van der Waals surface area contributed by atoms with Gasteiger partial charge in [0, 0.05) is 12.1 Å². The molecule has 140 valence electrons. The molecule has 0 heterocycles. The van der Waals surface area contributed by atoms with Gasteiger partial charge in [-0.1, -0.05) is 6.07 Å². The van der Waals surface area contributed by atoms with E-state index in [-0.39, 0.29) is 12.3 Å². The summed E-state index contributed by atoms with van der Waals surface area (Å²) in [5.41, 5.74) is 7.79. The molecule has 0 saturated heterocycles. The van der Waals surface area contributed by atoms with Crippen molar-refractivity contribution >= 4 is 17.3 Å². The van der Waals surface area contributed by atoms with Gasteiger partial charge in [-0.25, -0.2) is 0 Å². The molecule has 0 atom stereocenters. The second-order valence-electron chi connectivity index (χ2n) is 5.50. The molecule has 0 aromatic heterocycles. The van der Waals surface area contributed by atoms with E-state index in [1.165, 1.54) is 0 Å². The lowest BCUT2D eigenvalue weighted by Gasteiger charge is -2.15. The molecule has 0 unspecified atom stereocenters. The SMILES string of the molecule is COc1ccc(NC(=O)CCc2ccc(OC)c(OC)c2OC)cc1N. The number of nitrogens with two attached hydrogens (primary N) is 1. The van der Waals surface area contributed by atoms with Gasteiger partial charge in [-0.05, 0) is 36.2 Å². The van der Waals surface area contributed by atoms with Gasteiger partial charge in [0.2, 0.25) is 11.7 Å². The van der Waals surface area contributed by atoms with E-state index in [9.17, 15) is 4.79 Å². The highest BCUT2D eigenvalue weighted by atomic mass is 16.5. The van der Waals surface area contributed by atoms with Gasteiger partial charge in [-0.3, -0.25) is 4.79 Å². The first-order valence-corrected chi connectivity index (χ1v) is 8.05. The number of ether oxygens (including phenoxy) is 4. The molecule has 2 rings (SSSR count). The van der Waals surface area contributed by atoms with Crippen molar-refractivity contribution in [2.75, 3.05) is 39.5 Å². The molecular formula is C19H24N2O5. The molecule has 2 aromatic carbocycles. The Morgan fingerprint density at radius 1 is 0.923 bits per heavy atom. The highest BCUT2D eigenvalue weighted by Gasteiger charge is 2.16. The third-order valence-corrected chi connectivity index (χ3v) is 3.92. The first-order valence-electron chi connectivity index (χ1n) is 8.05. The second-order valence-corrected chi connectivity index (χ2v) is 5.50. The Morgan fingerprint density at radius 3 is 2.15 bits per heavy atom. The van der Waals surface area contributed by atoms with Crippen molar-refractivity contribution in [2.24, 2.45) is 0 Å². The normalized spacial score (nSPS) is 10.2. The topological polar surface area (TPSA) is 92.0 Å². The average molecular weight is 360 g/mol. The molecule has 0 aliphatic rings. The Bertz CT molecular complexity index is 777. The molecule has 0 bridgehead atoms. The van der Waals surface area contributed by atoms with Gasteiger partial charge in [-0.2, -0.15) is 0 Å². The van der Waals surface area contributed by atoms with Crippen molar-refractivity contribution in [1.82, 2.24) is 0 Å². The van der Waals surface area contributed by atoms with Crippen LogP contribution in [0.5, 0.6) is 23.0 Å². The summed E-state index contributed by atoms with van der Waals surface area (Å²) in [6.45, 7) is 0. The maximum absolute atomic E-state index is 12.2. The summed E-state index contributed by atoms with van der Waals surface area (Å²) in [5, 5.41) is 2.82. The molecule has 26 heavy (non-hydrogen) atoms. The molecular weight excluding hydrogens is 336 g/mol. The second kappa shape index (κ2) is 8.84. The fourth-order valence-electron chi connectivity index (χ4n) is 2.64. The third kappa shape index (κ3) is 4.30. The van der Waals surface area contributed by atoms with Crippen molar-refractivity contribution in [2.45, 2.75) is 12.8 Å². The van der Waals surface area contributed by atoms with Gasteiger partial charge in [0.25, 0.3) is 0 Å². The maximum atomic E-state index is 12.2. The Hall–Kier alpha value is -3.09. The van der Waals surface area contributed by atoms with Crippen molar-refractivity contribution in [1.29, 1.82) is 0 Å². The molecule has 0 aliphatic heterocycles. The zero-order valence-electron chi connectivity index (χ0n) is 15.4. The van der Waals surface area contributed by atoms with E-state index in [0.29, 0.717) is 40.8 Å². The molecule has 2 aromatic rings. The molecule has 0 aliphatic carbocycles. The standard InChI is InChI=1S/C19H24N2O5/c1-23-15-9-7-13(11-14(15)20)21-17(22)10-6-12-5-8-16(24-2)19(26-4)18(12)25-3/h5,7-9,11H,6,10,20H2,1-4H3,(H,21,22). The lowest BCUT2D eigenvalue weighted by molar-refractivity contribution is -0.116. The van der Waals surface area contributed by atoms with Gasteiger partial charge in [-0.15, -0.1) is 0 Å². The van der Waals surface area contributed by atoms with Crippen molar-refractivity contribution in [3.8, 4) is 23.0 Å². The lowest BCUT2D eigenvalue weighted by atomic mass is 10.1. The Kier molecular flexibility index (Phi) is 6.54. The zero-order valence-corrected chi connectivity index (χ0v) is 15.4. The average Bonchev–Trinajstić information content (AvgIpc) is 2.65. The predicted molar refractivity (Wildman–Crippen MR) is 100 cm³/mol. The molecule has 0 radical (unpaired) electrons. The number of hydrogen-bond donors (Lipinski definition) is 2. The number of hydrogen-bond acceptors (Lipinski definition) is 6. The van der Waals surface area contributed by atoms with Crippen LogP contribution in [0.3, 0.4) is 0 Å². The van der Waals surface area contributed by atoms with Crippen molar-refractivity contribution in [3.05, 3.63) is 35.9 Å². The largest absolute Gasteiger partial charge is 0.495 e. The number of anilines is 2. The number of amides is 1. The summed E-state index contributed by atoms with van der Waals surface area (Å²) in [6, 6.07) is 8.76. The maximum Gasteiger partial charge on any atom is 0.224 e. The summed E-state index contributed by atoms with van der Waals surface area (Å²) < 4.78 is 21.2. The van der Waals surface area contributed by atoms with E-state index in [4.69, 9.17) is 24.7 Å². The zero-order chi connectivity index (χ0) is 19.1. The monoisotopic (exact) mass is 360 g/mol. The number of methoxy groups -OCH3 is 4. The summed E-state index contributed by atoms with van der Waals surface area (Å²) in [7, 11) is 6.21. The van der Waals surface area contributed by atoms with Gasteiger partial charge >= 0.3 is 0 Å². The van der Waals surface area contributed by atoms with E-state index >= 15 is 0 Å². The van der Waals surface area contributed by atoms with Gasteiger partial charge in [0.1, 0.15) is 5.75 Å². The minimum atomic E-state index is -0.133. The van der Waals surface area contributed by atoms with Crippen LogP contribution < -0.4 is 30.0 Å². The summed E-state index contributed by atoms with van der Waals surface area (Å²) in [6.07, 6.45) is 0.763. The highest BCUT2D eigenvalue weighted by molar-refractivity contribution is 5.91. The fraction of sp³-hybridized carbons (Fsp3) is 0.316. The van der Waals surface area contributed by atoms with Crippen LogP contribution in [0.1, 0.15) is 12.0 Å². The minimum Gasteiger partial charge on any atom is -0.495 e. The fourth-order valence-corrected chi connectivity index (χ4v) is 2.64. The van der Waals surface area contributed by atoms with Crippen molar-refractivity contribution < 1.29 is 23.7 Å². The van der Waals surface area contributed by atoms with Crippen molar-refractivity contribution in [3.63, 3.8) is 0 Å². The summed E-state index contributed by atoms with van der Waals surface area (Å²) in [5.74, 6) is 2.08. The number of aryl methyl sites for hydroxylation is 1. The highest BCUT2D eigenvalue weighted by Crippen LogP contribution is 2.40. The van der Waals surface area contributed by atoms with E-state index in [1.54, 1.807) is 52.7 Å². The van der Waals surface area contributed by atoms with E-state index in [1.807, 2.05) is 6.07 Å². The molecule has 3 N–H and O–H groups in total. The predicted octanol–water partition coefficient (Wildman–Crippen LogP) is 2.87. The first-order chi connectivity index (χ1) is 12.5. The van der Waals surface area contributed by atoms with Crippen LogP contribution in [0.2, 0.25) is 0 Å². The molecule has 0 spiro atoms. The van der Waals surface area contributed by atoms with Gasteiger partial charge < -0.3 is 30.0 Å². The Balaban J connectivity index is 2.06. The first kappa shape index (κ1) is 19.2. The minimum absolute atomic E-state index is 0.133. The van der Waals surface area contributed by atoms with Crippen LogP contribution >= 0.6 is 0 Å². The van der Waals surface area contributed by atoms with Crippen LogP contribution in [0.25, 0.3) is 0 Å². The van der Waals surface area contributed by atoms with Crippen LogP contribution in [0.15, 0.2) is 30.3 Å². The summed E-state index contributed by atoms with van der Waals surface area (Å²) in [4.78, 5) is 12.2. The van der Waals surface area contributed by atoms with Gasteiger partial charge in [0.05, 0.1) is 34.1 Å². The van der Waals surface area contributed by atoms with Crippen LogP contribution in [0.4, 0.5) is 11.4 Å². The van der Waals surface area contributed by atoms with E-state index < -0.39 is 0 Å². The van der Waals surface area contributed by atoms with Gasteiger partial charge in [0.15, 0.2) is 11.5 Å². The van der Waals surface area contributed by atoms with E-state index in [2.05, 4.69) is 5.32 Å². The van der Waals surface area contributed by atoms with Crippen LogP contribution in [-0.4, -0.2) is 34.3 Å². The number of benzene rings is 2. The summed E-state index contributed by atoms with van der Waals surface area (Å²) >= 11 is 0. The number of rotatable bonds is 8. The quantitative estimate of drug-likeness (QED) is 0.703. The molecule has 0 saturated carbocycles. The lowest BCUT2D eigenvalue weighted by Crippen LogP contribution is -2.13. The number of nitrogen functional groups attached to an aromatic ring is 1. The molecule has 7 heteroatoms. The third-order valence-electron chi connectivity index (χ3n) is 3.92. The number of nitrogens with one attached hydrogen (secondary N) is 1. The molecule has 1 amide bonds. The smallest absolute Gasteiger partial charge is 0.224 e. The number of carbonyl (C=O) groups is 1.